The van der Waals surface area contributed by atoms with E-state index in [2.05, 4.69) is 58.5 Å². The SMILES string of the molecule is CCNC(=NCc1ccc(C)cc1)NCCCCCCC(=O)OC.I. The number of carbonyl (C=O) groups is 1. The van der Waals surface area contributed by atoms with Crippen LogP contribution in [0, 0.1) is 6.92 Å². The van der Waals surface area contributed by atoms with E-state index in [0.717, 1.165) is 44.7 Å². The molecule has 142 valence electrons. The summed E-state index contributed by atoms with van der Waals surface area (Å²) in [7, 11) is 1.43. The molecule has 0 aliphatic rings. The first-order valence-electron chi connectivity index (χ1n) is 8.80. The lowest BCUT2D eigenvalue weighted by Gasteiger charge is -2.11. The minimum Gasteiger partial charge on any atom is -0.469 e. The molecule has 0 spiro atoms. The van der Waals surface area contributed by atoms with Gasteiger partial charge in [0.05, 0.1) is 13.7 Å². The number of halogens is 1. The second-order valence-electron chi connectivity index (χ2n) is 5.85. The first-order valence-corrected chi connectivity index (χ1v) is 8.80. The Morgan fingerprint density at radius 3 is 2.40 bits per heavy atom. The number of benzene rings is 1. The van der Waals surface area contributed by atoms with Crippen LogP contribution >= 0.6 is 24.0 Å². The van der Waals surface area contributed by atoms with Crippen molar-refractivity contribution in [2.45, 2.75) is 52.5 Å². The molecule has 0 saturated heterocycles. The number of aryl methyl sites for hydroxylation is 1. The van der Waals surface area contributed by atoms with E-state index in [-0.39, 0.29) is 29.9 Å². The Balaban J connectivity index is 0.00000576. The van der Waals surface area contributed by atoms with Gasteiger partial charge < -0.3 is 15.4 Å². The molecule has 0 bridgehead atoms. The van der Waals surface area contributed by atoms with Crippen LogP contribution < -0.4 is 10.6 Å². The first-order chi connectivity index (χ1) is 11.7. The van der Waals surface area contributed by atoms with Gasteiger partial charge in [0, 0.05) is 19.5 Å². The molecule has 2 N–H and O–H groups in total. The zero-order valence-electron chi connectivity index (χ0n) is 15.6. The Morgan fingerprint density at radius 2 is 1.76 bits per heavy atom. The van der Waals surface area contributed by atoms with Crippen LogP contribution in [0.2, 0.25) is 0 Å². The van der Waals surface area contributed by atoms with E-state index < -0.39 is 0 Å². The maximum absolute atomic E-state index is 11.0. The van der Waals surface area contributed by atoms with Gasteiger partial charge in [-0.05, 0) is 32.3 Å². The van der Waals surface area contributed by atoms with Crippen LogP contribution in [-0.4, -0.2) is 32.1 Å². The molecule has 0 aromatic heterocycles. The van der Waals surface area contributed by atoms with Crippen LogP contribution in [0.5, 0.6) is 0 Å². The molecule has 0 aliphatic carbocycles. The highest BCUT2D eigenvalue weighted by atomic mass is 127. The number of hydrogen-bond acceptors (Lipinski definition) is 3. The molecule has 25 heavy (non-hydrogen) atoms. The van der Waals surface area contributed by atoms with Gasteiger partial charge >= 0.3 is 5.97 Å². The van der Waals surface area contributed by atoms with Crippen molar-refractivity contribution in [1.29, 1.82) is 0 Å². The van der Waals surface area contributed by atoms with Gasteiger partial charge in [-0.2, -0.15) is 0 Å². The number of esters is 1. The molecule has 1 rings (SSSR count). The van der Waals surface area contributed by atoms with Crippen molar-refractivity contribution in [3.05, 3.63) is 35.4 Å². The summed E-state index contributed by atoms with van der Waals surface area (Å²) in [4.78, 5) is 15.6. The molecule has 0 aliphatic heterocycles. The van der Waals surface area contributed by atoms with Crippen molar-refractivity contribution in [3.63, 3.8) is 0 Å². The minimum absolute atomic E-state index is 0. The van der Waals surface area contributed by atoms with E-state index >= 15 is 0 Å². The standard InChI is InChI=1S/C19H31N3O2.HI/c1-4-20-19(22-15-17-12-10-16(2)11-13-17)21-14-8-6-5-7-9-18(23)24-3;/h10-13H,4-9,14-15H2,1-3H3,(H2,20,21,22);1H. The van der Waals surface area contributed by atoms with Crippen LogP contribution in [0.25, 0.3) is 0 Å². The number of guanidine groups is 1. The van der Waals surface area contributed by atoms with Crippen molar-refractivity contribution in [2.75, 3.05) is 20.2 Å². The summed E-state index contributed by atoms with van der Waals surface area (Å²) in [6, 6.07) is 8.45. The van der Waals surface area contributed by atoms with Gasteiger partial charge in [-0.25, -0.2) is 4.99 Å². The minimum atomic E-state index is -0.120. The van der Waals surface area contributed by atoms with E-state index in [1.807, 2.05) is 0 Å². The highest BCUT2D eigenvalue weighted by Crippen LogP contribution is 2.05. The van der Waals surface area contributed by atoms with Crippen LogP contribution in [0.4, 0.5) is 0 Å². The van der Waals surface area contributed by atoms with Gasteiger partial charge in [0.1, 0.15) is 0 Å². The van der Waals surface area contributed by atoms with Gasteiger partial charge in [-0.15, -0.1) is 24.0 Å². The Morgan fingerprint density at radius 1 is 1.08 bits per heavy atom. The summed E-state index contributed by atoms with van der Waals surface area (Å²) in [5.41, 5.74) is 2.47. The van der Waals surface area contributed by atoms with Crippen molar-refractivity contribution in [1.82, 2.24) is 10.6 Å². The molecule has 0 unspecified atom stereocenters. The van der Waals surface area contributed by atoms with Crippen LogP contribution in [0.15, 0.2) is 29.3 Å². The lowest BCUT2D eigenvalue weighted by atomic mass is 10.1. The number of nitrogens with one attached hydrogen (secondary N) is 2. The van der Waals surface area contributed by atoms with E-state index in [1.54, 1.807) is 0 Å². The molecule has 5 nitrogen and oxygen atoms in total. The smallest absolute Gasteiger partial charge is 0.305 e. The highest BCUT2D eigenvalue weighted by Gasteiger charge is 2.00. The van der Waals surface area contributed by atoms with Gasteiger partial charge in [0.15, 0.2) is 5.96 Å². The Hall–Kier alpha value is -1.31. The number of rotatable bonds is 10. The Labute approximate surface area is 169 Å². The molecular weight excluding hydrogens is 429 g/mol. The Kier molecular flexibility index (Phi) is 14.2. The quantitative estimate of drug-likeness (QED) is 0.183. The average molecular weight is 461 g/mol. The fourth-order valence-electron chi connectivity index (χ4n) is 2.26. The molecule has 6 heteroatoms. The van der Waals surface area contributed by atoms with Crippen molar-refractivity contribution >= 4 is 35.9 Å². The Bertz CT molecular complexity index is 504. The monoisotopic (exact) mass is 461 g/mol. The zero-order chi connectivity index (χ0) is 17.6. The number of unbranched alkanes of at least 4 members (excludes halogenated alkanes) is 3. The van der Waals surface area contributed by atoms with Crippen LogP contribution in [0.3, 0.4) is 0 Å². The summed E-state index contributed by atoms with van der Waals surface area (Å²) in [5, 5.41) is 6.63. The van der Waals surface area contributed by atoms with E-state index in [0.29, 0.717) is 13.0 Å². The van der Waals surface area contributed by atoms with E-state index in [4.69, 9.17) is 0 Å². The predicted octanol–water partition coefficient (Wildman–Crippen LogP) is 3.79. The summed E-state index contributed by atoms with van der Waals surface area (Å²) in [6.45, 7) is 6.56. The topological polar surface area (TPSA) is 62.7 Å². The summed E-state index contributed by atoms with van der Waals surface area (Å²) in [6.07, 6.45) is 4.63. The molecule has 0 heterocycles. The molecule has 0 atom stereocenters. The lowest BCUT2D eigenvalue weighted by molar-refractivity contribution is -0.140. The summed E-state index contributed by atoms with van der Waals surface area (Å²) < 4.78 is 4.63. The molecule has 0 saturated carbocycles. The van der Waals surface area contributed by atoms with Crippen molar-refractivity contribution < 1.29 is 9.53 Å². The van der Waals surface area contributed by atoms with Crippen LogP contribution in [-0.2, 0) is 16.1 Å². The summed E-state index contributed by atoms with van der Waals surface area (Å²) in [5.74, 6) is 0.735. The third-order valence-electron chi connectivity index (χ3n) is 3.71. The first kappa shape index (κ1) is 23.7. The maximum Gasteiger partial charge on any atom is 0.305 e. The van der Waals surface area contributed by atoms with Gasteiger partial charge in [0.2, 0.25) is 0 Å². The third kappa shape index (κ3) is 11.8. The highest BCUT2D eigenvalue weighted by molar-refractivity contribution is 14.0. The number of ether oxygens (including phenoxy) is 1. The number of aliphatic imine (C=N–C) groups is 1. The van der Waals surface area contributed by atoms with E-state index in [1.165, 1.54) is 18.2 Å². The fourth-order valence-corrected chi connectivity index (χ4v) is 2.26. The van der Waals surface area contributed by atoms with Crippen molar-refractivity contribution in [3.8, 4) is 0 Å². The van der Waals surface area contributed by atoms with Crippen molar-refractivity contribution in [2.24, 2.45) is 4.99 Å². The number of hydrogen-bond donors (Lipinski definition) is 2. The zero-order valence-corrected chi connectivity index (χ0v) is 18.0. The largest absolute Gasteiger partial charge is 0.469 e. The second kappa shape index (κ2) is 15.0. The molecule has 1 aromatic carbocycles. The second-order valence-corrected chi connectivity index (χ2v) is 5.85. The van der Waals surface area contributed by atoms with Crippen LogP contribution in [0.1, 0.15) is 50.2 Å². The summed E-state index contributed by atoms with van der Waals surface area (Å²) >= 11 is 0. The number of methoxy groups -OCH3 is 1. The van der Waals surface area contributed by atoms with Gasteiger partial charge in [-0.3, -0.25) is 4.79 Å². The third-order valence-corrected chi connectivity index (χ3v) is 3.71. The number of nitrogens with zero attached hydrogens (tertiary/aromatic N) is 1. The molecule has 0 radical (unpaired) electrons. The molecule has 1 aromatic rings. The lowest BCUT2D eigenvalue weighted by Crippen LogP contribution is -2.37. The van der Waals surface area contributed by atoms with Gasteiger partial charge in [0.25, 0.3) is 0 Å². The molecular formula is C19H32IN3O2. The predicted molar refractivity (Wildman–Crippen MR) is 115 cm³/mol. The average Bonchev–Trinajstić information content (AvgIpc) is 2.59. The molecule has 0 fully saturated rings. The fraction of sp³-hybridized carbons (Fsp3) is 0.579. The maximum atomic E-state index is 11.0. The molecule has 0 amide bonds. The van der Waals surface area contributed by atoms with Gasteiger partial charge in [-0.1, -0.05) is 42.7 Å². The number of carbonyl (C=O) groups excluding carboxylic acids is 1. The van der Waals surface area contributed by atoms with E-state index in [9.17, 15) is 4.79 Å². The normalized spacial score (nSPS) is 10.8.